The maximum absolute atomic E-state index is 12.6. The normalized spacial score (nSPS) is 19.9. The van der Waals surface area contributed by atoms with Crippen LogP contribution in [-0.2, 0) is 15.1 Å². The molecule has 1 aliphatic heterocycles. The summed E-state index contributed by atoms with van der Waals surface area (Å²) in [5.74, 6) is -0.886. The maximum Gasteiger partial charge on any atom is 0.325 e. The molecule has 25 heavy (non-hydrogen) atoms. The fourth-order valence-electron chi connectivity index (χ4n) is 2.50. The molecule has 4 amide bonds. The average Bonchev–Trinajstić information content (AvgIpc) is 3.16. The molecule has 1 saturated heterocycles. The summed E-state index contributed by atoms with van der Waals surface area (Å²) in [5, 5.41) is 5.74. The number of furan rings is 1. The lowest BCUT2D eigenvalue weighted by atomic mass is 9.99. The van der Waals surface area contributed by atoms with E-state index >= 15 is 0 Å². The molecular weight excluding hydrogens is 369 g/mol. The van der Waals surface area contributed by atoms with Crippen LogP contribution >= 0.6 is 23.2 Å². The number of amides is 4. The molecule has 2 heterocycles. The molecule has 1 atom stereocenters. The smallest absolute Gasteiger partial charge is 0.325 e. The quantitative estimate of drug-likeness (QED) is 0.796. The van der Waals surface area contributed by atoms with Gasteiger partial charge < -0.3 is 15.1 Å². The van der Waals surface area contributed by atoms with E-state index in [1.165, 1.54) is 25.3 Å². The third-order valence-electron chi connectivity index (χ3n) is 3.79. The topological polar surface area (TPSA) is 91.7 Å². The maximum atomic E-state index is 12.6. The lowest BCUT2D eigenvalue weighted by Gasteiger charge is -2.18. The van der Waals surface area contributed by atoms with Crippen LogP contribution < -0.4 is 10.6 Å². The standard InChI is InChI=1S/C16H13Cl2N3O4/c1-16(12-3-2-6-25-12)14(23)21(15(24)20-16)8-13(22)19-11-7-9(17)4-5-10(11)18/h2-7H,8H2,1H3,(H,19,22)(H,20,24). The minimum Gasteiger partial charge on any atom is -0.466 e. The molecule has 0 saturated carbocycles. The zero-order valence-electron chi connectivity index (χ0n) is 13.0. The Hall–Kier alpha value is -2.51. The summed E-state index contributed by atoms with van der Waals surface area (Å²) in [5.41, 5.74) is -1.06. The van der Waals surface area contributed by atoms with E-state index in [1.54, 1.807) is 18.2 Å². The first-order chi connectivity index (χ1) is 11.8. The van der Waals surface area contributed by atoms with Crippen molar-refractivity contribution in [2.45, 2.75) is 12.5 Å². The van der Waals surface area contributed by atoms with Gasteiger partial charge in [0.25, 0.3) is 5.91 Å². The number of rotatable bonds is 4. The summed E-state index contributed by atoms with van der Waals surface area (Å²) in [6.45, 7) is 1.04. The average molecular weight is 382 g/mol. The molecule has 2 N–H and O–H groups in total. The zero-order chi connectivity index (χ0) is 18.2. The molecule has 0 radical (unpaired) electrons. The zero-order valence-corrected chi connectivity index (χ0v) is 14.5. The number of halogens is 2. The highest BCUT2D eigenvalue weighted by Gasteiger charge is 2.51. The van der Waals surface area contributed by atoms with Crippen LogP contribution in [0.25, 0.3) is 0 Å². The van der Waals surface area contributed by atoms with E-state index in [2.05, 4.69) is 10.6 Å². The van der Waals surface area contributed by atoms with Crippen LogP contribution in [-0.4, -0.2) is 29.3 Å². The lowest BCUT2D eigenvalue weighted by Crippen LogP contribution is -2.41. The molecule has 7 nitrogen and oxygen atoms in total. The van der Waals surface area contributed by atoms with Crippen molar-refractivity contribution >= 4 is 46.7 Å². The second-order valence-corrected chi connectivity index (χ2v) is 6.44. The molecule has 1 aromatic carbocycles. The largest absolute Gasteiger partial charge is 0.466 e. The van der Waals surface area contributed by atoms with Crippen molar-refractivity contribution < 1.29 is 18.8 Å². The molecular formula is C16H13Cl2N3O4. The fourth-order valence-corrected chi connectivity index (χ4v) is 2.83. The van der Waals surface area contributed by atoms with Gasteiger partial charge in [-0.15, -0.1) is 0 Å². The number of nitrogens with one attached hydrogen (secondary N) is 2. The minimum atomic E-state index is -1.35. The second-order valence-electron chi connectivity index (χ2n) is 5.60. The van der Waals surface area contributed by atoms with E-state index in [1.807, 2.05) is 0 Å². The van der Waals surface area contributed by atoms with E-state index in [0.29, 0.717) is 10.7 Å². The Bertz CT molecular complexity index is 853. The van der Waals surface area contributed by atoms with Crippen molar-refractivity contribution in [3.8, 4) is 0 Å². The van der Waals surface area contributed by atoms with Crippen molar-refractivity contribution in [3.63, 3.8) is 0 Å². The summed E-state index contributed by atoms with van der Waals surface area (Å²) in [7, 11) is 0. The Morgan fingerprint density at radius 3 is 2.76 bits per heavy atom. The van der Waals surface area contributed by atoms with Crippen LogP contribution in [0.3, 0.4) is 0 Å². The number of hydrogen-bond donors (Lipinski definition) is 2. The third kappa shape index (κ3) is 3.20. The highest BCUT2D eigenvalue weighted by molar-refractivity contribution is 6.35. The number of benzene rings is 1. The van der Waals surface area contributed by atoms with Crippen molar-refractivity contribution in [3.05, 3.63) is 52.4 Å². The first kappa shape index (κ1) is 17.3. The molecule has 1 aromatic heterocycles. The van der Waals surface area contributed by atoms with E-state index < -0.39 is 29.9 Å². The van der Waals surface area contributed by atoms with Gasteiger partial charge in [-0.3, -0.25) is 14.5 Å². The van der Waals surface area contributed by atoms with Crippen molar-refractivity contribution in [1.29, 1.82) is 0 Å². The summed E-state index contributed by atoms with van der Waals surface area (Å²) in [6, 6.07) is 7.08. The monoisotopic (exact) mass is 381 g/mol. The Balaban J connectivity index is 1.74. The molecule has 1 fully saturated rings. The summed E-state index contributed by atoms with van der Waals surface area (Å²) >= 11 is 11.8. The molecule has 1 aliphatic rings. The van der Waals surface area contributed by atoms with Crippen molar-refractivity contribution in [2.75, 3.05) is 11.9 Å². The predicted molar refractivity (Wildman–Crippen MR) is 91.4 cm³/mol. The van der Waals surface area contributed by atoms with Gasteiger partial charge in [-0.1, -0.05) is 23.2 Å². The second kappa shape index (κ2) is 6.42. The molecule has 3 rings (SSSR count). The van der Waals surface area contributed by atoms with Gasteiger partial charge >= 0.3 is 6.03 Å². The van der Waals surface area contributed by atoms with Crippen LogP contribution in [0.15, 0.2) is 41.0 Å². The number of carbonyl (C=O) groups excluding carboxylic acids is 3. The first-order valence-electron chi connectivity index (χ1n) is 7.24. The number of carbonyl (C=O) groups is 3. The Morgan fingerprint density at radius 2 is 2.08 bits per heavy atom. The third-order valence-corrected chi connectivity index (χ3v) is 4.36. The van der Waals surface area contributed by atoms with Gasteiger partial charge in [0, 0.05) is 5.02 Å². The number of urea groups is 1. The highest BCUT2D eigenvalue weighted by atomic mass is 35.5. The summed E-state index contributed by atoms with van der Waals surface area (Å²) < 4.78 is 5.22. The van der Waals surface area contributed by atoms with Gasteiger partial charge in [0.1, 0.15) is 12.3 Å². The van der Waals surface area contributed by atoms with E-state index in [9.17, 15) is 14.4 Å². The van der Waals surface area contributed by atoms with Crippen LogP contribution in [0, 0.1) is 0 Å². The Kier molecular flexibility index (Phi) is 4.45. The Morgan fingerprint density at radius 1 is 1.32 bits per heavy atom. The summed E-state index contributed by atoms with van der Waals surface area (Å²) in [6.07, 6.45) is 1.40. The van der Waals surface area contributed by atoms with Gasteiger partial charge in [0.05, 0.1) is 17.0 Å². The fraction of sp³-hybridized carbons (Fsp3) is 0.188. The molecule has 0 bridgehead atoms. The van der Waals surface area contributed by atoms with Gasteiger partial charge in [-0.05, 0) is 37.3 Å². The number of imide groups is 1. The molecule has 0 aliphatic carbocycles. The van der Waals surface area contributed by atoms with E-state index in [4.69, 9.17) is 27.6 Å². The number of anilines is 1. The lowest BCUT2D eigenvalue weighted by molar-refractivity contribution is -0.134. The molecule has 130 valence electrons. The van der Waals surface area contributed by atoms with Gasteiger partial charge in [-0.25, -0.2) is 4.79 Å². The first-order valence-corrected chi connectivity index (χ1v) is 8.00. The van der Waals surface area contributed by atoms with Crippen LogP contribution in [0.4, 0.5) is 10.5 Å². The van der Waals surface area contributed by atoms with Gasteiger partial charge in [-0.2, -0.15) is 0 Å². The van der Waals surface area contributed by atoms with Gasteiger partial charge in [0.15, 0.2) is 5.54 Å². The van der Waals surface area contributed by atoms with Gasteiger partial charge in [0.2, 0.25) is 5.91 Å². The highest BCUT2D eigenvalue weighted by Crippen LogP contribution is 2.29. The number of nitrogens with zero attached hydrogens (tertiary/aromatic N) is 1. The molecule has 2 aromatic rings. The van der Waals surface area contributed by atoms with E-state index in [-0.39, 0.29) is 10.8 Å². The van der Waals surface area contributed by atoms with Crippen LogP contribution in [0.5, 0.6) is 0 Å². The predicted octanol–water partition coefficient (Wildman–Crippen LogP) is 2.99. The molecule has 0 spiro atoms. The molecule has 9 heteroatoms. The summed E-state index contributed by atoms with van der Waals surface area (Å²) in [4.78, 5) is 37.8. The van der Waals surface area contributed by atoms with Crippen LogP contribution in [0.1, 0.15) is 12.7 Å². The van der Waals surface area contributed by atoms with E-state index in [0.717, 1.165) is 4.90 Å². The Labute approximate surface area is 152 Å². The SMILES string of the molecule is CC1(c2ccco2)NC(=O)N(CC(=O)Nc2cc(Cl)ccc2Cl)C1=O. The number of hydrogen-bond acceptors (Lipinski definition) is 4. The minimum absolute atomic E-state index is 0.284. The van der Waals surface area contributed by atoms with Crippen molar-refractivity contribution in [1.82, 2.24) is 10.2 Å². The molecule has 1 unspecified atom stereocenters. The van der Waals surface area contributed by atoms with Crippen LogP contribution in [0.2, 0.25) is 10.0 Å². The van der Waals surface area contributed by atoms with Crippen molar-refractivity contribution in [2.24, 2.45) is 0 Å².